The number of rotatable bonds is 34. The van der Waals surface area contributed by atoms with Crippen molar-refractivity contribution in [3.63, 3.8) is 0 Å². The molecule has 0 bridgehead atoms. The minimum absolute atomic E-state index is 0.0711. The molecule has 0 N–H and O–H groups in total. The van der Waals surface area contributed by atoms with Gasteiger partial charge in [0.15, 0.2) is 0 Å². The van der Waals surface area contributed by atoms with Crippen LogP contribution >= 0.6 is 0 Å². The fraction of sp³-hybridized carbons (Fsp3) is 0.782. The Bertz CT molecular complexity index is 1380. The third kappa shape index (κ3) is 20.3. The molecule has 0 aliphatic heterocycles. The van der Waals surface area contributed by atoms with Crippen molar-refractivity contribution in [3.8, 4) is 11.1 Å². The molecule has 2 aromatic carbocycles. The lowest BCUT2D eigenvalue weighted by molar-refractivity contribution is 0.0910. The number of hydrogen-bond acceptors (Lipinski definition) is 8. The van der Waals surface area contributed by atoms with Crippen LogP contribution in [0.1, 0.15) is 141 Å². The van der Waals surface area contributed by atoms with Crippen molar-refractivity contribution in [1.29, 1.82) is 0 Å². The van der Waals surface area contributed by atoms with Crippen molar-refractivity contribution in [2.24, 2.45) is 0 Å². The van der Waals surface area contributed by atoms with Gasteiger partial charge in [0.2, 0.25) is 0 Å². The highest BCUT2D eigenvalue weighted by molar-refractivity contribution is 5.82. The monoisotopic (exact) mass is 877 g/mol. The summed E-state index contributed by atoms with van der Waals surface area (Å²) >= 11 is 0. The van der Waals surface area contributed by atoms with Crippen LogP contribution in [0, 0.1) is 0 Å². The first-order chi connectivity index (χ1) is 29.8. The van der Waals surface area contributed by atoms with E-state index in [1.807, 2.05) is 0 Å². The quantitative estimate of drug-likeness (QED) is 0.0644. The Morgan fingerprint density at radius 2 is 0.698 bits per heavy atom. The fourth-order valence-electron chi connectivity index (χ4n) is 9.33. The smallest absolute Gasteiger partial charge is 0.0477 e. The second-order valence-electron chi connectivity index (χ2n) is 22.3. The molecule has 0 spiro atoms. The molecule has 0 radical (unpaired) electrons. The molecule has 3 rings (SSSR count). The molecule has 0 heterocycles. The van der Waals surface area contributed by atoms with Crippen molar-refractivity contribution in [2.75, 3.05) is 148 Å². The van der Waals surface area contributed by atoms with Crippen LogP contribution in [0.25, 0.3) is 11.1 Å². The Balaban J connectivity index is 1.67. The highest BCUT2D eigenvalue weighted by Gasteiger charge is 2.44. The summed E-state index contributed by atoms with van der Waals surface area (Å²) in [4.78, 5) is 14.6. The lowest BCUT2D eigenvalue weighted by Gasteiger charge is -2.34. The molecule has 362 valence electrons. The van der Waals surface area contributed by atoms with Crippen LogP contribution in [-0.2, 0) is 25.7 Å². The second kappa shape index (κ2) is 28.3. The first kappa shape index (κ1) is 55.4. The summed E-state index contributed by atoms with van der Waals surface area (Å²) in [6.45, 7) is 29.1. The van der Waals surface area contributed by atoms with E-state index in [1.54, 1.807) is 0 Å². The van der Waals surface area contributed by atoms with Crippen LogP contribution in [0.3, 0.4) is 0 Å². The number of benzene rings is 2. The molecule has 1 aliphatic carbocycles. The summed E-state index contributed by atoms with van der Waals surface area (Å²) in [6.07, 6.45) is 14.1. The van der Waals surface area contributed by atoms with Crippen LogP contribution in [0.4, 0.5) is 0 Å². The number of ether oxygens (including phenoxy) is 2. The number of hydrogen-bond donors (Lipinski definition) is 0. The molecular formula is C55H100N6O2. The van der Waals surface area contributed by atoms with Gasteiger partial charge in [-0.05, 0) is 243 Å². The molecule has 0 saturated carbocycles. The van der Waals surface area contributed by atoms with E-state index in [9.17, 15) is 0 Å². The molecule has 8 heteroatoms. The number of fused-ring (bicyclic) bond motifs is 3. The van der Waals surface area contributed by atoms with E-state index < -0.39 is 0 Å². The van der Waals surface area contributed by atoms with Gasteiger partial charge in [0, 0.05) is 31.8 Å². The van der Waals surface area contributed by atoms with Crippen LogP contribution in [0.5, 0.6) is 0 Å². The summed E-state index contributed by atoms with van der Waals surface area (Å²) in [5.41, 5.74) is 8.58. The van der Waals surface area contributed by atoms with E-state index in [-0.39, 0.29) is 16.2 Å². The Labute approximate surface area is 390 Å². The lowest BCUT2D eigenvalue weighted by Crippen LogP contribution is -2.31. The summed E-state index contributed by atoms with van der Waals surface area (Å²) in [7, 11) is 17.5. The molecule has 0 aromatic heterocycles. The van der Waals surface area contributed by atoms with Crippen molar-refractivity contribution < 1.29 is 9.47 Å². The zero-order chi connectivity index (χ0) is 46.5. The summed E-state index contributed by atoms with van der Waals surface area (Å²) < 4.78 is 13.2. The van der Waals surface area contributed by atoms with Gasteiger partial charge in [0.05, 0.1) is 0 Å². The normalized spacial score (nSPS) is 14.1. The molecular weight excluding hydrogens is 777 g/mol. The van der Waals surface area contributed by atoms with E-state index in [0.29, 0.717) is 0 Å². The van der Waals surface area contributed by atoms with Gasteiger partial charge in [-0.15, -0.1) is 0 Å². The molecule has 0 unspecified atom stereocenters. The zero-order valence-corrected chi connectivity index (χ0v) is 43.8. The van der Waals surface area contributed by atoms with E-state index in [1.165, 1.54) is 124 Å². The third-order valence-corrected chi connectivity index (χ3v) is 13.3. The third-order valence-electron chi connectivity index (χ3n) is 13.3. The molecule has 2 aromatic rings. The van der Waals surface area contributed by atoms with Gasteiger partial charge in [-0.25, -0.2) is 0 Å². The molecule has 1 aliphatic rings. The molecule has 0 fully saturated rings. The van der Waals surface area contributed by atoms with Gasteiger partial charge >= 0.3 is 0 Å². The molecule has 0 atom stereocenters. The first-order valence-electron chi connectivity index (χ1n) is 25.3. The second-order valence-corrected chi connectivity index (χ2v) is 22.3. The summed E-state index contributed by atoms with van der Waals surface area (Å²) in [5, 5.41) is 0. The molecule has 8 nitrogen and oxygen atoms in total. The highest BCUT2D eigenvalue weighted by atomic mass is 16.5. The van der Waals surface area contributed by atoms with E-state index in [0.717, 1.165) is 78.3 Å². The average Bonchev–Trinajstić information content (AvgIpc) is 3.46. The van der Waals surface area contributed by atoms with Crippen molar-refractivity contribution >= 4 is 0 Å². The van der Waals surface area contributed by atoms with Crippen molar-refractivity contribution in [3.05, 3.63) is 58.7 Å². The maximum Gasteiger partial charge on any atom is 0.0477 e. The van der Waals surface area contributed by atoms with Crippen molar-refractivity contribution in [1.82, 2.24) is 29.4 Å². The predicted molar refractivity (Wildman–Crippen MR) is 274 cm³/mol. The Kier molecular flexibility index (Phi) is 24.9. The Morgan fingerprint density at radius 1 is 0.381 bits per heavy atom. The minimum Gasteiger partial charge on any atom is -0.381 e. The minimum atomic E-state index is -0.146. The highest BCUT2D eigenvalue weighted by Crippen LogP contribution is 2.54. The number of nitrogens with zero attached hydrogens (tertiary/aromatic N) is 6. The van der Waals surface area contributed by atoms with Gasteiger partial charge in [0.1, 0.15) is 0 Å². The van der Waals surface area contributed by atoms with Gasteiger partial charge in [-0.1, -0.05) is 77.9 Å². The largest absolute Gasteiger partial charge is 0.381 e. The van der Waals surface area contributed by atoms with E-state index >= 15 is 0 Å². The fourth-order valence-corrected chi connectivity index (χ4v) is 9.33. The molecule has 0 saturated heterocycles. The topological polar surface area (TPSA) is 37.9 Å². The van der Waals surface area contributed by atoms with Gasteiger partial charge in [0.25, 0.3) is 0 Å². The van der Waals surface area contributed by atoms with Crippen molar-refractivity contribution in [2.45, 2.75) is 135 Å². The van der Waals surface area contributed by atoms with Crippen LogP contribution in [0.15, 0.2) is 36.4 Å². The van der Waals surface area contributed by atoms with E-state index in [2.05, 4.69) is 164 Å². The summed E-state index contributed by atoms with van der Waals surface area (Å²) in [5.74, 6) is 0. The predicted octanol–water partition coefficient (Wildman–Crippen LogP) is 10.1. The van der Waals surface area contributed by atoms with E-state index in [4.69, 9.17) is 9.47 Å². The Morgan fingerprint density at radius 3 is 1.00 bits per heavy atom. The SMILES string of the molecule is CN(C)CCCN(CCCCCOCCC1(CCOCCCCCN(CCCN(C)C)CCCN(C)C)c2cc(C(C)(C)C)ccc2-c2ccc(C(C)(C)C)cc21)CCCN(C)C. The van der Waals surface area contributed by atoms with Crippen LogP contribution in [-0.4, -0.2) is 178 Å². The maximum atomic E-state index is 6.62. The maximum absolute atomic E-state index is 6.62. The van der Waals surface area contributed by atoms with Crippen LogP contribution < -0.4 is 0 Å². The summed E-state index contributed by atoms with van der Waals surface area (Å²) in [6, 6.07) is 14.7. The molecule has 0 amide bonds. The van der Waals surface area contributed by atoms with Gasteiger partial charge in [-0.2, -0.15) is 0 Å². The van der Waals surface area contributed by atoms with Crippen LogP contribution in [0.2, 0.25) is 0 Å². The lowest BCUT2D eigenvalue weighted by atomic mass is 9.71. The van der Waals surface area contributed by atoms with Gasteiger partial charge < -0.3 is 38.9 Å². The zero-order valence-electron chi connectivity index (χ0n) is 43.8. The standard InChI is InChI=1S/C55H100N6O2/c1-53(2,3)47-25-27-49-50-28-26-48(54(4,5)6)46-52(50)55(51(49)45-47,29-43-62-41-19-15-17-35-60(37-21-31-56(7)8)38-22-32-57(9)10)30-44-63-42-20-16-18-36-61(39-23-33-58(11)12)40-24-34-59(13)14/h25-28,45-46H,15-24,29-44H2,1-14H3. The van der Waals surface area contributed by atoms with Gasteiger partial charge in [-0.3, -0.25) is 0 Å². The average molecular weight is 877 g/mol. The first-order valence-corrected chi connectivity index (χ1v) is 25.3. The Hall–Kier alpha value is -1.88. The number of unbranched alkanes of at least 4 members (excludes halogenated alkanes) is 4. The molecule has 63 heavy (non-hydrogen) atoms.